The molecule has 2 N–H and O–H groups in total. The summed E-state index contributed by atoms with van der Waals surface area (Å²) in [6.45, 7) is 3.65. The molecule has 1 aliphatic heterocycles. The van der Waals surface area contributed by atoms with E-state index in [1.54, 1.807) is 24.6 Å². The van der Waals surface area contributed by atoms with E-state index >= 15 is 0 Å². The van der Waals surface area contributed by atoms with Crippen LogP contribution < -0.4 is 10.1 Å². The lowest BCUT2D eigenvalue weighted by molar-refractivity contribution is -0.128. The van der Waals surface area contributed by atoms with Crippen molar-refractivity contribution in [3.63, 3.8) is 0 Å². The van der Waals surface area contributed by atoms with Crippen LogP contribution in [0.1, 0.15) is 12.5 Å². The van der Waals surface area contributed by atoms with Crippen LogP contribution in [0.5, 0.6) is 5.75 Å². The number of carbonyl (C=O) groups excluding carboxylic acids is 1. The molecule has 0 saturated carbocycles. The van der Waals surface area contributed by atoms with E-state index in [9.17, 15) is 18.5 Å². The predicted octanol–water partition coefficient (Wildman–Crippen LogP) is 3.15. The van der Waals surface area contributed by atoms with E-state index < -0.39 is 27.8 Å². The summed E-state index contributed by atoms with van der Waals surface area (Å²) >= 11 is 0. The smallest absolute Gasteiger partial charge is 0.219 e. The first-order chi connectivity index (χ1) is 16.0. The van der Waals surface area contributed by atoms with Gasteiger partial charge in [-0.3, -0.25) is 4.79 Å². The van der Waals surface area contributed by atoms with Gasteiger partial charge in [0, 0.05) is 40.6 Å². The second-order valence-electron chi connectivity index (χ2n) is 8.56. The molecule has 0 spiro atoms. The number of rotatable bonds is 5. The van der Waals surface area contributed by atoms with Crippen molar-refractivity contribution in [3.8, 4) is 5.75 Å². The Labute approximate surface area is 197 Å². The summed E-state index contributed by atoms with van der Waals surface area (Å²) in [6, 6.07) is 7.56. The molecule has 180 valence electrons. The average molecular weight is 488 g/mol. The molecule has 3 aromatic rings. The predicted molar refractivity (Wildman–Crippen MR) is 129 cm³/mol. The van der Waals surface area contributed by atoms with Crippen LogP contribution >= 0.6 is 0 Å². The van der Waals surface area contributed by atoms with Gasteiger partial charge in [0.05, 0.1) is 30.0 Å². The molecule has 1 amide bonds. The number of β-amino-alcohol motifs (C(OH)–C–C–N with tert-alkyl or cyclic N) is 1. The zero-order valence-electron chi connectivity index (χ0n) is 19.3. The van der Waals surface area contributed by atoms with Gasteiger partial charge in [-0.2, -0.15) is 4.36 Å². The van der Waals surface area contributed by atoms with Crippen LogP contribution in [-0.4, -0.2) is 67.9 Å². The van der Waals surface area contributed by atoms with Gasteiger partial charge in [-0.1, -0.05) is 0 Å². The number of aromatic nitrogens is 2. The summed E-state index contributed by atoms with van der Waals surface area (Å²) in [6.07, 6.45) is 2.92. The number of benzene rings is 2. The standard InChI is InChI=1S/C23H26FN5O4S/c1-13-7-16(28-34(3,4)32)9-18-22(13)23(26-12-25-18)27-17-6-5-15(24)8-20(17)33-21-11-29(14(2)30)10-19(21)31/h5-9,12,19,21,31H,10-11H2,1-4H3,(H,25,26,27)/t19-,21-/m1/s1. The number of fused-ring (bicyclic) bond motifs is 1. The van der Waals surface area contributed by atoms with Crippen molar-refractivity contribution in [1.82, 2.24) is 14.9 Å². The lowest BCUT2D eigenvalue weighted by atomic mass is 10.1. The van der Waals surface area contributed by atoms with Gasteiger partial charge in [0.25, 0.3) is 0 Å². The Kier molecular flexibility index (Phi) is 6.41. The fourth-order valence-corrected chi connectivity index (χ4v) is 4.50. The third-order valence-electron chi connectivity index (χ3n) is 5.40. The van der Waals surface area contributed by atoms with E-state index in [1.807, 2.05) is 6.92 Å². The number of nitrogens with one attached hydrogen (secondary N) is 1. The highest BCUT2D eigenvalue weighted by molar-refractivity contribution is 7.92. The zero-order valence-corrected chi connectivity index (χ0v) is 20.1. The number of nitrogens with zero attached hydrogens (tertiary/aromatic N) is 4. The quantitative estimate of drug-likeness (QED) is 0.568. The van der Waals surface area contributed by atoms with Crippen LogP contribution in [0.25, 0.3) is 10.9 Å². The van der Waals surface area contributed by atoms with Gasteiger partial charge in [-0.25, -0.2) is 18.6 Å². The lowest BCUT2D eigenvalue weighted by Crippen LogP contribution is -2.30. The Balaban J connectivity index is 1.69. The maximum Gasteiger partial charge on any atom is 0.219 e. The topological polar surface area (TPSA) is 117 Å². The summed E-state index contributed by atoms with van der Waals surface area (Å²) in [5, 5.41) is 14.2. The second-order valence-corrected chi connectivity index (χ2v) is 11.1. The Morgan fingerprint density at radius 3 is 2.71 bits per heavy atom. The Morgan fingerprint density at radius 1 is 1.26 bits per heavy atom. The Hall–Kier alpha value is -3.31. The third kappa shape index (κ3) is 5.26. The maximum absolute atomic E-state index is 14.1. The number of aliphatic hydroxyl groups excluding tert-OH is 1. The molecule has 2 heterocycles. The van der Waals surface area contributed by atoms with Gasteiger partial charge in [0.2, 0.25) is 5.91 Å². The molecule has 4 rings (SSSR count). The molecule has 2 atom stereocenters. The van der Waals surface area contributed by atoms with E-state index in [-0.39, 0.29) is 24.7 Å². The number of hydrogen-bond acceptors (Lipinski definition) is 8. The molecule has 11 heteroatoms. The van der Waals surface area contributed by atoms with Crippen LogP contribution in [0.3, 0.4) is 0 Å². The van der Waals surface area contributed by atoms with Gasteiger partial charge >= 0.3 is 0 Å². The molecule has 34 heavy (non-hydrogen) atoms. The molecule has 2 aromatic carbocycles. The first-order valence-electron chi connectivity index (χ1n) is 10.6. The highest BCUT2D eigenvalue weighted by atomic mass is 32.2. The molecule has 0 radical (unpaired) electrons. The van der Waals surface area contributed by atoms with Crippen molar-refractivity contribution < 1.29 is 23.2 Å². The van der Waals surface area contributed by atoms with Crippen molar-refractivity contribution in [2.24, 2.45) is 4.36 Å². The van der Waals surface area contributed by atoms with Crippen molar-refractivity contribution in [1.29, 1.82) is 0 Å². The maximum atomic E-state index is 14.1. The van der Waals surface area contributed by atoms with Crippen LogP contribution in [0.15, 0.2) is 41.0 Å². The van der Waals surface area contributed by atoms with Crippen molar-refractivity contribution in [2.45, 2.75) is 26.1 Å². The highest BCUT2D eigenvalue weighted by Gasteiger charge is 2.34. The monoisotopic (exact) mass is 487 g/mol. The fraction of sp³-hybridized carbons (Fsp3) is 0.348. The summed E-state index contributed by atoms with van der Waals surface area (Å²) in [5.41, 5.74) is 2.41. The summed E-state index contributed by atoms with van der Waals surface area (Å²) in [5.74, 6) is -0.0216. The van der Waals surface area contributed by atoms with E-state index in [1.165, 1.54) is 36.4 Å². The third-order valence-corrected chi connectivity index (χ3v) is 6.05. The van der Waals surface area contributed by atoms with Crippen LogP contribution in [0.4, 0.5) is 21.6 Å². The molecular weight excluding hydrogens is 461 g/mol. The minimum Gasteiger partial charge on any atom is -0.483 e. The van der Waals surface area contributed by atoms with E-state index in [0.29, 0.717) is 22.7 Å². The number of amides is 1. The van der Waals surface area contributed by atoms with Gasteiger partial charge in [0.15, 0.2) is 0 Å². The Bertz CT molecular complexity index is 1380. The first kappa shape index (κ1) is 23.8. The number of carbonyl (C=O) groups is 1. The number of aryl methyl sites for hydroxylation is 1. The Morgan fingerprint density at radius 2 is 2.03 bits per heavy atom. The minimum absolute atomic E-state index is 0.156. The number of ether oxygens (including phenoxy) is 1. The molecule has 1 fully saturated rings. The fourth-order valence-electron chi connectivity index (χ4n) is 3.89. The second kappa shape index (κ2) is 9.15. The largest absolute Gasteiger partial charge is 0.483 e. The molecule has 1 aromatic heterocycles. The highest BCUT2D eigenvalue weighted by Crippen LogP contribution is 2.34. The average Bonchev–Trinajstić information content (AvgIpc) is 3.09. The minimum atomic E-state index is -2.34. The van der Waals surface area contributed by atoms with Crippen LogP contribution in [0, 0.1) is 12.7 Å². The van der Waals surface area contributed by atoms with Crippen molar-refractivity contribution in [2.75, 3.05) is 30.9 Å². The molecule has 0 unspecified atom stereocenters. The normalized spacial score (nSPS) is 18.2. The number of anilines is 2. The lowest BCUT2D eigenvalue weighted by Gasteiger charge is -2.20. The summed E-state index contributed by atoms with van der Waals surface area (Å²) in [7, 11) is -2.34. The van der Waals surface area contributed by atoms with E-state index in [0.717, 1.165) is 10.9 Å². The van der Waals surface area contributed by atoms with Gasteiger partial charge in [-0.05, 0) is 36.8 Å². The van der Waals surface area contributed by atoms with E-state index in [2.05, 4.69) is 19.6 Å². The molecule has 9 nitrogen and oxygen atoms in total. The molecular formula is C23H26FN5O4S. The zero-order chi connectivity index (χ0) is 24.6. The van der Waals surface area contributed by atoms with Crippen molar-refractivity contribution in [3.05, 3.63) is 48.0 Å². The molecule has 0 aliphatic carbocycles. The first-order valence-corrected chi connectivity index (χ1v) is 12.9. The van der Waals surface area contributed by atoms with Gasteiger partial charge in [-0.15, -0.1) is 0 Å². The van der Waals surface area contributed by atoms with Gasteiger partial charge in [0.1, 0.15) is 35.9 Å². The number of hydrogen-bond donors (Lipinski definition) is 2. The summed E-state index contributed by atoms with van der Waals surface area (Å²) in [4.78, 5) is 21.8. The molecule has 0 bridgehead atoms. The number of halogens is 1. The molecule has 1 aliphatic rings. The van der Waals surface area contributed by atoms with Crippen LogP contribution in [-0.2, 0) is 14.5 Å². The molecule has 1 saturated heterocycles. The van der Waals surface area contributed by atoms with Gasteiger partial charge < -0.3 is 20.1 Å². The number of aliphatic hydroxyl groups is 1. The van der Waals surface area contributed by atoms with E-state index in [4.69, 9.17) is 4.74 Å². The van der Waals surface area contributed by atoms with Crippen LogP contribution in [0.2, 0.25) is 0 Å². The van der Waals surface area contributed by atoms with Crippen molar-refractivity contribution >= 4 is 43.7 Å². The number of likely N-dealkylation sites (tertiary alicyclic amines) is 1. The SMILES string of the molecule is CC(=O)N1C[C@@H](O)[C@H](Oc2cc(F)ccc2Nc2ncnc3cc(N=S(C)(C)=O)cc(C)c23)C1. The summed E-state index contributed by atoms with van der Waals surface area (Å²) < 4.78 is 36.4.